The Bertz CT molecular complexity index is 627. The number of nitrogens with zero attached hydrogens (tertiary/aromatic N) is 2. The number of carbonyl (C=O) groups excluding carboxylic acids is 1. The third-order valence-corrected chi connectivity index (χ3v) is 3.61. The molecule has 1 N–H and O–H groups in total. The molecule has 0 bridgehead atoms. The van der Waals surface area contributed by atoms with Crippen LogP contribution in [-0.2, 0) is 6.54 Å². The van der Waals surface area contributed by atoms with Gasteiger partial charge in [0.2, 0.25) is 0 Å². The molecule has 5 nitrogen and oxygen atoms in total. The molecule has 0 radical (unpaired) electrons. The van der Waals surface area contributed by atoms with Crippen LogP contribution >= 0.6 is 0 Å². The molecule has 0 aliphatic carbocycles. The van der Waals surface area contributed by atoms with Crippen molar-refractivity contribution in [2.45, 2.75) is 6.54 Å². The Hall–Kier alpha value is -2.69. The molecular formula is C19H25N3O2. The molecule has 0 atom stereocenters. The monoisotopic (exact) mass is 327 g/mol. The smallest absolute Gasteiger partial charge is 0.317 e. The third kappa shape index (κ3) is 5.50. The number of hydrogen-bond acceptors (Lipinski definition) is 3. The summed E-state index contributed by atoms with van der Waals surface area (Å²) < 4.78 is 5.55. The lowest BCUT2D eigenvalue weighted by Gasteiger charge is -2.19. The standard InChI is InChI=1S/C19H25N3O2/c1-21(2)17-11-9-16(10-12-17)15-22(3)19(23)20-13-14-24-18-7-5-4-6-8-18/h4-12H,13-15H2,1-3H3,(H,20,23). The fourth-order valence-electron chi connectivity index (χ4n) is 2.22. The number of carbonyl (C=O) groups is 1. The fourth-order valence-corrected chi connectivity index (χ4v) is 2.22. The van der Waals surface area contributed by atoms with Gasteiger partial charge >= 0.3 is 6.03 Å². The number of para-hydroxylation sites is 1. The quantitative estimate of drug-likeness (QED) is 0.795. The van der Waals surface area contributed by atoms with Crippen molar-refractivity contribution in [1.82, 2.24) is 10.2 Å². The van der Waals surface area contributed by atoms with E-state index in [0.29, 0.717) is 19.7 Å². The van der Waals surface area contributed by atoms with E-state index in [1.54, 1.807) is 11.9 Å². The van der Waals surface area contributed by atoms with E-state index in [2.05, 4.69) is 17.4 Å². The van der Waals surface area contributed by atoms with Crippen LogP contribution in [0.15, 0.2) is 54.6 Å². The van der Waals surface area contributed by atoms with Crippen molar-refractivity contribution in [3.63, 3.8) is 0 Å². The predicted molar refractivity (Wildman–Crippen MR) is 97.6 cm³/mol. The van der Waals surface area contributed by atoms with E-state index in [-0.39, 0.29) is 6.03 Å². The Morgan fingerprint density at radius 2 is 1.67 bits per heavy atom. The molecule has 2 amide bonds. The van der Waals surface area contributed by atoms with Crippen molar-refractivity contribution in [3.05, 3.63) is 60.2 Å². The van der Waals surface area contributed by atoms with Crippen molar-refractivity contribution in [1.29, 1.82) is 0 Å². The largest absolute Gasteiger partial charge is 0.492 e. The van der Waals surface area contributed by atoms with Crippen LogP contribution in [0.5, 0.6) is 5.75 Å². The molecule has 0 saturated heterocycles. The molecule has 0 fully saturated rings. The van der Waals surface area contributed by atoms with Crippen LogP contribution < -0.4 is 15.0 Å². The van der Waals surface area contributed by atoms with Crippen molar-refractivity contribution in [2.24, 2.45) is 0 Å². The van der Waals surface area contributed by atoms with Crippen LogP contribution in [0.3, 0.4) is 0 Å². The number of amides is 2. The van der Waals surface area contributed by atoms with Crippen LogP contribution in [0.25, 0.3) is 0 Å². The lowest BCUT2D eigenvalue weighted by Crippen LogP contribution is -2.38. The molecule has 0 aliphatic heterocycles. The van der Waals surface area contributed by atoms with Crippen molar-refractivity contribution in [2.75, 3.05) is 39.2 Å². The van der Waals surface area contributed by atoms with Crippen LogP contribution in [0.1, 0.15) is 5.56 Å². The van der Waals surface area contributed by atoms with Crippen molar-refractivity contribution < 1.29 is 9.53 Å². The highest BCUT2D eigenvalue weighted by molar-refractivity contribution is 5.73. The van der Waals surface area contributed by atoms with Crippen LogP contribution in [-0.4, -0.2) is 45.2 Å². The highest BCUT2D eigenvalue weighted by Crippen LogP contribution is 2.13. The van der Waals surface area contributed by atoms with Gasteiger partial charge in [0.25, 0.3) is 0 Å². The average molecular weight is 327 g/mol. The number of rotatable bonds is 7. The summed E-state index contributed by atoms with van der Waals surface area (Å²) in [7, 11) is 5.80. The Morgan fingerprint density at radius 1 is 1.00 bits per heavy atom. The number of nitrogens with one attached hydrogen (secondary N) is 1. The minimum Gasteiger partial charge on any atom is -0.492 e. The summed E-state index contributed by atoms with van der Waals surface area (Å²) >= 11 is 0. The molecule has 0 saturated carbocycles. The van der Waals surface area contributed by atoms with Gasteiger partial charge in [0.15, 0.2) is 0 Å². The molecule has 2 aromatic carbocycles. The van der Waals surface area contributed by atoms with E-state index in [9.17, 15) is 4.79 Å². The summed E-state index contributed by atoms with van der Waals surface area (Å²) in [6, 6.07) is 17.6. The van der Waals surface area contributed by atoms with Crippen LogP contribution in [0, 0.1) is 0 Å². The molecule has 128 valence electrons. The van der Waals surface area contributed by atoms with E-state index >= 15 is 0 Å². The molecule has 5 heteroatoms. The first kappa shape index (κ1) is 17.7. The first-order chi connectivity index (χ1) is 11.6. The second-order valence-corrected chi connectivity index (χ2v) is 5.81. The molecular weight excluding hydrogens is 302 g/mol. The minimum absolute atomic E-state index is 0.108. The van der Waals surface area contributed by atoms with E-state index in [4.69, 9.17) is 4.74 Å². The molecule has 2 aromatic rings. The van der Waals surface area contributed by atoms with Gasteiger partial charge in [0, 0.05) is 33.4 Å². The maximum atomic E-state index is 12.1. The highest BCUT2D eigenvalue weighted by Gasteiger charge is 2.08. The Balaban J connectivity index is 1.71. The van der Waals surface area contributed by atoms with Crippen LogP contribution in [0.4, 0.5) is 10.5 Å². The zero-order valence-corrected chi connectivity index (χ0v) is 14.5. The summed E-state index contributed by atoms with van der Waals surface area (Å²) in [6.07, 6.45) is 0. The van der Waals surface area contributed by atoms with Crippen molar-refractivity contribution in [3.8, 4) is 5.75 Å². The molecule has 0 aliphatic rings. The average Bonchev–Trinajstić information content (AvgIpc) is 2.60. The maximum absolute atomic E-state index is 12.1. The molecule has 24 heavy (non-hydrogen) atoms. The van der Waals surface area contributed by atoms with Gasteiger partial charge in [-0.25, -0.2) is 4.79 Å². The maximum Gasteiger partial charge on any atom is 0.317 e. The fraction of sp³-hybridized carbons (Fsp3) is 0.316. The number of benzene rings is 2. The Labute approximate surface area is 143 Å². The second-order valence-electron chi connectivity index (χ2n) is 5.81. The lowest BCUT2D eigenvalue weighted by molar-refractivity contribution is 0.203. The molecule has 0 heterocycles. The number of ether oxygens (including phenoxy) is 1. The van der Waals surface area contributed by atoms with E-state index in [0.717, 1.165) is 17.0 Å². The molecule has 0 unspecified atom stereocenters. The predicted octanol–water partition coefficient (Wildman–Crippen LogP) is 2.97. The van der Waals surface area contributed by atoms with Gasteiger partial charge in [-0.05, 0) is 29.8 Å². The third-order valence-electron chi connectivity index (χ3n) is 3.61. The first-order valence-corrected chi connectivity index (χ1v) is 7.99. The Morgan fingerprint density at radius 3 is 2.29 bits per heavy atom. The SMILES string of the molecule is CN(Cc1ccc(N(C)C)cc1)C(=O)NCCOc1ccccc1. The topological polar surface area (TPSA) is 44.8 Å². The molecule has 0 spiro atoms. The van der Waals surface area contributed by atoms with Crippen LogP contribution in [0.2, 0.25) is 0 Å². The normalized spacial score (nSPS) is 10.1. The zero-order valence-electron chi connectivity index (χ0n) is 14.5. The first-order valence-electron chi connectivity index (χ1n) is 7.99. The van der Waals surface area contributed by atoms with Gasteiger partial charge in [0.05, 0.1) is 6.54 Å². The second kappa shape index (κ2) is 8.82. The van der Waals surface area contributed by atoms with Gasteiger partial charge in [-0.15, -0.1) is 0 Å². The minimum atomic E-state index is -0.108. The van der Waals surface area contributed by atoms with E-state index in [1.807, 2.05) is 61.5 Å². The number of urea groups is 1. The summed E-state index contributed by atoms with van der Waals surface area (Å²) in [5.41, 5.74) is 2.24. The number of anilines is 1. The van der Waals surface area contributed by atoms with Gasteiger partial charge < -0.3 is 19.9 Å². The molecule has 2 rings (SSSR count). The Kier molecular flexibility index (Phi) is 6.49. The van der Waals surface area contributed by atoms with Gasteiger partial charge in [0.1, 0.15) is 12.4 Å². The van der Waals surface area contributed by atoms with Gasteiger partial charge in [-0.1, -0.05) is 30.3 Å². The van der Waals surface area contributed by atoms with E-state index < -0.39 is 0 Å². The molecule has 0 aromatic heterocycles. The lowest BCUT2D eigenvalue weighted by atomic mass is 10.2. The summed E-state index contributed by atoms with van der Waals surface area (Å²) in [4.78, 5) is 15.8. The highest BCUT2D eigenvalue weighted by atomic mass is 16.5. The van der Waals surface area contributed by atoms with Gasteiger partial charge in [-0.3, -0.25) is 0 Å². The van der Waals surface area contributed by atoms with Crippen molar-refractivity contribution >= 4 is 11.7 Å². The summed E-state index contributed by atoms with van der Waals surface area (Å²) in [5, 5.41) is 2.86. The zero-order chi connectivity index (χ0) is 17.4. The summed E-state index contributed by atoms with van der Waals surface area (Å²) in [5.74, 6) is 0.807. The number of hydrogen-bond donors (Lipinski definition) is 1. The van der Waals surface area contributed by atoms with Gasteiger partial charge in [-0.2, -0.15) is 0 Å². The van der Waals surface area contributed by atoms with E-state index in [1.165, 1.54) is 0 Å². The summed E-state index contributed by atoms with van der Waals surface area (Å²) in [6.45, 7) is 1.48.